The molecule has 1 amide bonds. The number of nitrogens with one attached hydrogen (secondary N) is 1. The van der Waals surface area contributed by atoms with Gasteiger partial charge in [-0.2, -0.15) is 13.2 Å². The maximum Gasteiger partial charge on any atom is 0.418 e. The van der Waals surface area contributed by atoms with Crippen LogP contribution in [-0.2, 0) is 18.0 Å². The normalized spacial score (nSPS) is 11.9. The van der Waals surface area contributed by atoms with Crippen molar-refractivity contribution in [2.24, 2.45) is 7.05 Å². The first-order chi connectivity index (χ1) is 14.7. The molecule has 0 bridgehead atoms. The highest BCUT2D eigenvalue weighted by atomic mass is 35.5. The molecule has 1 N–H and O–H groups in total. The van der Waals surface area contributed by atoms with Crippen molar-refractivity contribution in [1.82, 2.24) is 19.2 Å². The van der Waals surface area contributed by atoms with Gasteiger partial charge >= 0.3 is 6.18 Å². The molecule has 2 heterocycles. The number of para-hydroxylation sites is 2. The summed E-state index contributed by atoms with van der Waals surface area (Å²) in [5, 5.41) is 10.8. The number of fused-ring (bicyclic) bond motifs is 3. The van der Waals surface area contributed by atoms with Crippen molar-refractivity contribution in [2.45, 2.75) is 11.3 Å². The summed E-state index contributed by atoms with van der Waals surface area (Å²) < 4.78 is 42.6. The molecule has 0 unspecified atom stereocenters. The molecule has 31 heavy (non-hydrogen) atoms. The molecule has 2 aromatic carbocycles. The minimum absolute atomic E-state index is 0.220. The SMILES string of the molecule is Cn1c(=O)c2ccccc2n2c(SCC(=O)Nc3c(Cl)cccc3C(F)(F)F)nnc12. The van der Waals surface area contributed by atoms with E-state index >= 15 is 0 Å². The molecule has 0 aliphatic rings. The predicted octanol–water partition coefficient (Wildman–Crippen LogP) is 3.98. The van der Waals surface area contributed by atoms with Crippen LogP contribution in [0.4, 0.5) is 18.9 Å². The number of hydrogen-bond donors (Lipinski definition) is 1. The van der Waals surface area contributed by atoms with Gasteiger partial charge in [0.25, 0.3) is 5.56 Å². The number of alkyl halides is 3. The Kier molecular flexibility index (Phi) is 5.40. The second-order valence-corrected chi connectivity index (χ2v) is 7.85. The summed E-state index contributed by atoms with van der Waals surface area (Å²) in [6, 6.07) is 10.1. The van der Waals surface area contributed by atoms with Crippen LogP contribution >= 0.6 is 23.4 Å². The number of carbonyl (C=O) groups excluding carboxylic acids is 1. The van der Waals surface area contributed by atoms with Crippen LogP contribution in [0.15, 0.2) is 52.4 Å². The first kappa shape index (κ1) is 21.2. The number of halogens is 4. The number of hydrogen-bond acceptors (Lipinski definition) is 5. The van der Waals surface area contributed by atoms with Crippen molar-refractivity contribution in [3.8, 4) is 0 Å². The van der Waals surface area contributed by atoms with Gasteiger partial charge in [0.15, 0.2) is 5.16 Å². The molecule has 2 aromatic heterocycles. The predicted molar refractivity (Wildman–Crippen MR) is 112 cm³/mol. The quantitative estimate of drug-likeness (QED) is 0.459. The number of aromatic nitrogens is 4. The molecule has 12 heteroatoms. The minimum atomic E-state index is -4.67. The zero-order chi connectivity index (χ0) is 22.3. The largest absolute Gasteiger partial charge is 0.418 e. The summed E-state index contributed by atoms with van der Waals surface area (Å²) >= 11 is 6.84. The van der Waals surface area contributed by atoms with Gasteiger partial charge in [0.05, 0.1) is 32.9 Å². The zero-order valence-electron chi connectivity index (χ0n) is 15.8. The van der Waals surface area contributed by atoms with Crippen molar-refractivity contribution in [3.63, 3.8) is 0 Å². The van der Waals surface area contributed by atoms with Crippen LogP contribution in [0, 0.1) is 0 Å². The van der Waals surface area contributed by atoms with Gasteiger partial charge in [0, 0.05) is 7.05 Å². The van der Waals surface area contributed by atoms with Crippen LogP contribution in [0.2, 0.25) is 5.02 Å². The summed E-state index contributed by atoms with van der Waals surface area (Å²) in [5.41, 5.74) is -1.23. The lowest BCUT2D eigenvalue weighted by Crippen LogP contribution is -2.20. The van der Waals surface area contributed by atoms with Crippen LogP contribution in [-0.4, -0.2) is 30.8 Å². The van der Waals surface area contributed by atoms with Crippen molar-refractivity contribution < 1.29 is 18.0 Å². The number of thioether (sulfide) groups is 1. The monoisotopic (exact) mass is 467 g/mol. The Bertz CT molecular complexity index is 1380. The van der Waals surface area contributed by atoms with Gasteiger partial charge in [-0.15, -0.1) is 10.2 Å². The fourth-order valence-corrected chi connectivity index (χ4v) is 4.06. The number of anilines is 1. The second kappa shape index (κ2) is 7.89. The van der Waals surface area contributed by atoms with Gasteiger partial charge in [-0.1, -0.05) is 41.6 Å². The zero-order valence-corrected chi connectivity index (χ0v) is 17.3. The van der Waals surface area contributed by atoms with Crippen LogP contribution in [0.3, 0.4) is 0 Å². The first-order valence-corrected chi connectivity index (χ1v) is 10.2. The molecular formula is C19H13ClF3N5O2S. The van der Waals surface area contributed by atoms with E-state index in [1.807, 2.05) is 0 Å². The number of nitrogens with zero attached hydrogens (tertiary/aromatic N) is 4. The second-order valence-electron chi connectivity index (χ2n) is 6.50. The topological polar surface area (TPSA) is 81.3 Å². The standard InChI is InChI=1S/C19H13ClF3N5O2S/c1-27-16(30)10-5-2-3-8-13(10)28-17(27)25-26-18(28)31-9-14(29)24-15-11(19(21,22)23)6-4-7-12(15)20/h2-8H,9H2,1H3,(H,24,29). The molecule has 0 atom stereocenters. The van der Waals surface area contributed by atoms with Crippen molar-refractivity contribution in [1.29, 1.82) is 0 Å². The van der Waals surface area contributed by atoms with Gasteiger partial charge in [0.1, 0.15) is 0 Å². The van der Waals surface area contributed by atoms with E-state index in [1.54, 1.807) is 35.7 Å². The molecular weight excluding hydrogens is 455 g/mol. The summed E-state index contributed by atoms with van der Waals surface area (Å²) in [7, 11) is 1.55. The van der Waals surface area contributed by atoms with E-state index in [1.165, 1.54) is 10.6 Å². The van der Waals surface area contributed by atoms with Gasteiger partial charge in [0.2, 0.25) is 11.7 Å². The summed E-state index contributed by atoms with van der Waals surface area (Å²) in [6.45, 7) is 0. The lowest BCUT2D eigenvalue weighted by molar-refractivity contribution is -0.137. The van der Waals surface area contributed by atoms with Crippen LogP contribution in [0.5, 0.6) is 0 Å². The Balaban J connectivity index is 1.63. The van der Waals surface area contributed by atoms with Gasteiger partial charge < -0.3 is 5.32 Å². The Morgan fingerprint density at radius 2 is 1.90 bits per heavy atom. The number of benzene rings is 2. The van der Waals surface area contributed by atoms with E-state index in [2.05, 4.69) is 15.5 Å². The molecule has 0 fully saturated rings. The molecule has 4 aromatic rings. The summed E-state index contributed by atoms with van der Waals surface area (Å²) in [5.74, 6) is -0.674. The molecule has 4 rings (SSSR count). The molecule has 0 saturated heterocycles. The highest BCUT2D eigenvalue weighted by Crippen LogP contribution is 2.38. The molecule has 7 nitrogen and oxygen atoms in total. The molecule has 0 spiro atoms. The third-order valence-electron chi connectivity index (χ3n) is 4.51. The molecule has 0 saturated carbocycles. The fraction of sp³-hybridized carbons (Fsp3) is 0.158. The summed E-state index contributed by atoms with van der Waals surface area (Å²) in [4.78, 5) is 24.9. The van der Waals surface area contributed by atoms with E-state index in [9.17, 15) is 22.8 Å². The van der Waals surface area contributed by atoms with Crippen molar-refractivity contribution >= 4 is 51.6 Å². The maximum atomic E-state index is 13.2. The first-order valence-electron chi connectivity index (χ1n) is 8.79. The van der Waals surface area contributed by atoms with E-state index in [0.717, 1.165) is 23.9 Å². The van der Waals surface area contributed by atoms with E-state index in [4.69, 9.17) is 11.6 Å². The Hall–Kier alpha value is -3.05. The molecule has 0 aliphatic heterocycles. The lowest BCUT2D eigenvalue weighted by atomic mass is 10.1. The number of aryl methyl sites for hydroxylation is 1. The van der Waals surface area contributed by atoms with E-state index in [0.29, 0.717) is 16.1 Å². The van der Waals surface area contributed by atoms with Gasteiger partial charge in [-0.25, -0.2) is 0 Å². The Labute approximate surface area is 181 Å². The van der Waals surface area contributed by atoms with Crippen molar-refractivity contribution in [3.05, 3.63) is 63.4 Å². The molecule has 0 aliphatic carbocycles. The maximum absolute atomic E-state index is 13.2. The fourth-order valence-electron chi connectivity index (χ4n) is 3.10. The highest BCUT2D eigenvalue weighted by Gasteiger charge is 2.34. The molecule has 160 valence electrons. The lowest BCUT2D eigenvalue weighted by Gasteiger charge is -2.15. The van der Waals surface area contributed by atoms with Crippen LogP contribution in [0.25, 0.3) is 16.7 Å². The highest BCUT2D eigenvalue weighted by molar-refractivity contribution is 7.99. The minimum Gasteiger partial charge on any atom is -0.324 e. The molecule has 0 radical (unpaired) electrons. The van der Waals surface area contributed by atoms with E-state index < -0.39 is 23.3 Å². The van der Waals surface area contributed by atoms with Crippen LogP contribution in [0.1, 0.15) is 5.56 Å². The van der Waals surface area contributed by atoms with Crippen LogP contribution < -0.4 is 10.9 Å². The van der Waals surface area contributed by atoms with Gasteiger partial charge in [-0.05, 0) is 24.3 Å². The van der Waals surface area contributed by atoms with Gasteiger partial charge in [-0.3, -0.25) is 18.6 Å². The third kappa shape index (κ3) is 3.86. The smallest absolute Gasteiger partial charge is 0.324 e. The average molecular weight is 468 g/mol. The van der Waals surface area contributed by atoms with Crippen molar-refractivity contribution in [2.75, 3.05) is 11.1 Å². The van der Waals surface area contributed by atoms with E-state index in [-0.39, 0.29) is 22.1 Å². The number of carbonyl (C=O) groups is 1. The Morgan fingerprint density at radius 3 is 2.65 bits per heavy atom. The third-order valence-corrected chi connectivity index (χ3v) is 5.76. The number of amides is 1. The summed E-state index contributed by atoms with van der Waals surface area (Å²) in [6.07, 6.45) is -4.67. The average Bonchev–Trinajstić information content (AvgIpc) is 3.15. The Morgan fingerprint density at radius 1 is 1.16 bits per heavy atom. The number of rotatable bonds is 4.